The van der Waals surface area contributed by atoms with E-state index in [2.05, 4.69) is 0 Å². The molecule has 0 radical (unpaired) electrons. The van der Waals surface area contributed by atoms with E-state index < -0.39 is 0 Å². The molecule has 0 aromatic rings. The average molecular weight is 212 g/mol. The van der Waals surface area contributed by atoms with Crippen molar-refractivity contribution in [3.05, 3.63) is 0 Å². The Bertz CT molecular complexity index is 150. The molecule has 0 bridgehead atoms. The van der Waals surface area contributed by atoms with E-state index in [1.807, 2.05) is 0 Å². The molecule has 1 aliphatic rings. The molecule has 1 rings (SSSR count). The SMILES string of the molecule is O=C1CCCCCCCCCCCOC1. The molecule has 0 atom stereocenters. The van der Waals surface area contributed by atoms with E-state index in [4.69, 9.17) is 4.74 Å². The van der Waals surface area contributed by atoms with Crippen molar-refractivity contribution in [3.63, 3.8) is 0 Å². The van der Waals surface area contributed by atoms with Crippen LogP contribution in [0.3, 0.4) is 0 Å². The average Bonchev–Trinajstić information content (AvgIpc) is 2.24. The summed E-state index contributed by atoms with van der Waals surface area (Å²) in [6.07, 6.45) is 12.1. The smallest absolute Gasteiger partial charge is 0.158 e. The van der Waals surface area contributed by atoms with Crippen LogP contribution in [0.2, 0.25) is 0 Å². The van der Waals surface area contributed by atoms with Gasteiger partial charge in [0.05, 0.1) is 0 Å². The Hall–Kier alpha value is -0.370. The number of carbonyl (C=O) groups is 1. The van der Waals surface area contributed by atoms with Crippen molar-refractivity contribution in [1.82, 2.24) is 0 Å². The summed E-state index contributed by atoms with van der Waals surface area (Å²) in [5.74, 6) is 0.284. The highest BCUT2D eigenvalue weighted by molar-refractivity contribution is 5.79. The Labute approximate surface area is 93.4 Å². The summed E-state index contributed by atoms with van der Waals surface area (Å²) in [7, 11) is 0. The van der Waals surface area contributed by atoms with Crippen molar-refractivity contribution in [2.24, 2.45) is 0 Å². The largest absolute Gasteiger partial charge is 0.374 e. The van der Waals surface area contributed by atoms with Crippen molar-refractivity contribution >= 4 is 5.78 Å². The van der Waals surface area contributed by atoms with E-state index in [1.165, 1.54) is 44.9 Å². The minimum atomic E-state index is 0.284. The zero-order valence-corrected chi connectivity index (χ0v) is 9.80. The van der Waals surface area contributed by atoms with Gasteiger partial charge in [0.25, 0.3) is 0 Å². The molecule has 0 aromatic heterocycles. The van der Waals surface area contributed by atoms with Crippen LogP contribution in [0.4, 0.5) is 0 Å². The van der Waals surface area contributed by atoms with Crippen molar-refractivity contribution in [3.8, 4) is 0 Å². The van der Waals surface area contributed by atoms with Gasteiger partial charge in [-0.2, -0.15) is 0 Å². The first-order chi connectivity index (χ1) is 7.39. The zero-order valence-electron chi connectivity index (χ0n) is 9.80. The number of hydrogen-bond acceptors (Lipinski definition) is 2. The molecule has 2 heteroatoms. The van der Waals surface area contributed by atoms with Crippen LogP contribution in [-0.2, 0) is 9.53 Å². The lowest BCUT2D eigenvalue weighted by atomic mass is 10.1. The zero-order chi connectivity index (χ0) is 10.8. The third-order valence-corrected chi connectivity index (χ3v) is 3.01. The Morgan fingerprint density at radius 3 is 1.93 bits per heavy atom. The minimum absolute atomic E-state index is 0.284. The maximum Gasteiger partial charge on any atom is 0.158 e. The standard InChI is InChI=1S/C13H24O2/c14-13-10-8-6-4-2-1-3-5-7-9-11-15-12-13/h1-12H2. The summed E-state index contributed by atoms with van der Waals surface area (Å²) in [5, 5.41) is 0. The number of ether oxygens (including phenoxy) is 1. The number of rotatable bonds is 0. The van der Waals surface area contributed by atoms with Gasteiger partial charge in [-0.15, -0.1) is 0 Å². The molecule has 1 fully saturated rings. The molecule has 0 N–H and O–H groups in total. The highest BCUT2D eigenvalue weighted by atomic mass is 16.5. The third kappa shape index (κ3) is 7.55. The highest BCUT2D eigenvalue weighted by Gasteiger charge is 2.02. The molecule has 1 heterocycles. The molecule has 2 nitrogen and oxygen atoms in total. The Balaban J connectivity index is 2.13. The van der Waals surface area contributed by atoms with Crippen LogP contribution in [0.5, 0.6) is 0 Å². The van der Waals surface area contributed by atoms with Crippen LogP contribution in [0.25, 0.3) is 0 Å². The van der Waals surface area contributed by atoms with Gasteiger partial charge in [-0.05, 0) is 12.8 Å². The van der Waals surface area contributed by atoms with Gasteiger partial charge >= 0.3 is 0 Å². The van der Waals surface area contributed by atoms with E-state index in [0.717, 1.165) is 25.9 Å². The first kappa shape index (κ1) is 12.7. The van der Waals surface area contributed by atoms with Crippen LogP contribution in [0.1, 0.15) is 64.2 Å². The van der Waals surface area contributed by atoms with Gasteiger partial charge in [0.15, 0.2) is 5.78 Å². The monoisotopic (exact) mass is 212 g/mol. The normalized spacial score (nSPS) is 23.3. The van der Waals surface area contributed by atoms with Gasteiger partial charge in [0.1, 0.15) is 6.61 Å². The number of ketones is 1. The van der Waals surface area contributed by atoms with Crippen molar-refractivity contribution in [2.45, 2.75) is 64.2 Å². The van der Waals surface area contributed by atoms with E-state index in [1.54, 1.807) is 0 Å². The molecular formula is C13H24O2. The molecule has 1 saturated heterocycles. The molecule has 15 heavy (non-hydrogen) atoms. The lowest BCUT2D eigenvalue weighted by molar-refractivity contribution is -0.123. The second kappa shape index (κ2) is 8.90. The van der Waals surface area contributed by atoms with Gasteiger partial charge < -0.3 is 4.74 Å². The second-order valence-electron chi connectivity index (χ2n) is 4.52. The van der Waals surface area contributed by atoms with Crippen molar-refractivity contribution in [2.75, 3.05) is 13.2 Å². The van der Waals surface area contributed by atoms with Crippen LogP contribution in [0, 0.1) is 0 Å². The van der Waals surface area contributed by atoms with Crippen molar-refractivity contribution < 1.29 is 9.53 Å². The quantitative estimate of drug-likeness (QED) is 0.614. The molecule has 0 unspecified atom stereocenters. The van der Waals surface area contributed by atoms with Gasteiger partial charge in [-0.25, -0.2) is 0 Å². The van der Waals surface area contributed by atoms with E-state index in [-0.39, 0.29) is 5.78 Å². The third-order valence-electron chi connectivity index (χ3n) is 3.01. The lowest BCUT2D eigenvalue weighted by Crippen LogP contribution is -2.09. The van der Waals surface area contributed by atoms with E-state index in [9.17, 15) is 4.79 Å². The fourth-order valence-electron chi connectivity index (χ4n) is 2.02. The van der Waals surface area contributed by atoms with Gasteiger partial charge in [-0.3, -0.25) is 4.79 Å². The highest BCUT2D eigenvalue weighted by Crippen LogP contribution is 2.11. The van der Waals surface area contributed by atoms with Crippen LogP contribution in [0.15, 0.2) is 0 Å². The maximum absolute atomic E-state index is 11.3. The minimum Gasteiger partial charge on any atom is -0.374 e. The lowest BCUT2D eigenvalue weighted by Gasteiger charge is -2.06. The Morgan fingerprint density at radius 2 is 1.27 bits per heavy atom. The predicted octanol–water partition coefficient (Wildman–Crippen LogP) is 3.49. The fraction of sp³-hybridized carbons (Fsp3) is 0.923. The maximum atomic E-state index is 11.3. The molecule has 0 saturated carbocycles. The van der Waals surface area contributed by atoms with Gasteiger partial charge in [-0.1, -0.05) is 44.9 Å². The molecule has 0 aliphatic carbocycles. The molecule has 88 valence electrons. The number of Topliss-reactive ketones (excluding diaryl/α,β-unsaturated/α-hetero) is 1. The summed E-state index contributed by atoms with van der Waals surface area (Å²) in [6.45, 7) is 1.12. The summed E-state index contributed by atoms with van der Waals surface area (Å²) >= 11 is 0. The van der Waals surface area contributed by atoms with Crippen LogP contribution >= 0.6 is 0 Å². The Kier molecular flexibility index (Phi) is 7.53. The second-order valence-corrected chi connectivity index (χ2v) is 4.52. The summed E-state index contributed by atoms with van der Waals surface area (Å²) in [4.78, 5) is 11.3. The van der Waals surface area contributed by atoms with E-state index in [0.29, 0.717) is 6.61 Å². The summed E-state index contributed by atoms with van der Waals surface area (Å²) in [5.41, 5.74) is 0. The Morgan fingerprint density at radius 1 is 0.733 bits per heavy atom. The predicted molar refractivity (Wildman–Crippen MR) is 62.0 cm³/mol. The van der Waals surface area contributed by atoms with Gasteiger partial charge in [0.2, 0.25) is 0 Å². The fourth-order valence-corrected chi connectivity index (χ4v) is 2.02. The molecule has 0 aromatic carbocycles. The number of hydrogen-bond donors (Lipinski definition) is 0. The van der Waals surface area contributed by atoms with Crippen molar-refractivity contribution in [1.29, 1.82) is 0 Å². The van der Waals surface area contributed by atoms with Crippen LogP contribution in [-0.4, -0.2) is 19.0 Å². The van der Waals surface area contributed by atoms with Gasteiger partial charge in [0, 0.05) is 13.0 Å². The van der Waals surface area contributed by atoms with Crippen LogP contribution < -0.4 is 0 Å². The molecule has 1 aliphatic heterocycles. The first-order valence-electron chi connectivity index (χ1n) is 6.49. The number of carbonyl (C=O) groups excluding carboxylic acids is 1. The first-order valence-corrected chi connectivity index (χ1v) is 6.49. The summed E-state index contributed by atoms with van der Waals surface area (Å²) in [6, 6.07) is 0. The molecule has 0 amide bonds. The molecule has 0 spiro atoms. The summed E-state index contributed by atoms with van der Waals surface area (Å²) < 4.78 is 5.34. The topological polar surface area (TPSA) is 26.3 Å². The molecular weight excluding hydrogens is 188 g/mol. The van der Waals surface area contributed by atoms with E-state index >= 15 is 0 Å².